The van der Waals surface area contributed by atoms with Gasteiger partial charge < -0.3 is 9.64 Å². The summed E-state index contributed by atoms with van der Waals surface area (Å²) in [5.41, 5.74) is 0. The lowest BCUT2D eigenvalue weighted by Gasteiger charge is -2.29. The summed E-state index contributed by atoms with van der Waals surface area (Å²) in [4.78, 5) is 2.40. The van der Waals surface area contributed by atoms with Gasteiger partial charge >= 0.3 is 0 Å². The second kappa shape index (κ2) is 5.40. The molecule has 2 atom stereocenters. The summed E-state index contributed by atoms with van der Waals surface area (Å²) in [7, 11) is 2.19. The minimum absolute atomic E-state index is 0.356. The normalized spacial score (nSPS) is 28.8. The third-order valence-corrected chi connectivity index (χ3v) is 2.64. The van der Waals surface area contributed by atoms with Crippen LogP contribution in [0.5, 0.6) is 0 Å². The van der Waals surface area contributed by atoms with Crippen molar-refractivity contribution in [3.63, 3.8) is 0 Å². The van der Waals surface area contributed by atoms with Gasteiger partial charge in [-0.05, 0) is 39.3 Å². The average Bonchev–Trinajstić information content (AvgIpc) is 2.01. The summed E-state index contributed by atoms with van der Waals surface area (Å²) in [6, 6.07) is 0. The molecule has 1 fully saturated rings. The molecule has 1 aliphatic rings. The lowest BCUT2D eigenvalue weighted by molar-refractivity contribution is 0.0669. The fraction of sp³-hybridized carbons (Fsp3) is 1.00. The Morgan fingerprint density at radius 3 is 3.00 bits per heavy atom. The van der Waals surface area contributed by atoms with Crippen molar-refractivity contribution in [2.45, 2.75) is 23.9 Å². The van der Waals surface area contributed by atoms with Crippen molar-refractivity contribution in [3.05, 3.63) is 0 Å². The number of halogens is 1. The minimum atomic E-state index is 0.356. The van der Waals surface area contributed by atoms with Gasteiger partial charge in [-0.15, -0.1) is 0 Å². The van der Waals surface area contributed by atoms with Crippen molar-refractivity contribution in [2.75, 3.05) is 26.7 Å². The highest BCUT2D eigenvalue weighted by Gasteiger charge is 2.17. The number of hydrogen-bond donors (Lipinski definition) is 0. The van der Waals surface area contributed by atoms with E-state index in [9.17, 15) is 0 Å². The summed E-state index contributed by atoms with van der Waals surface area (Å²) < 4.78 is 5.95. The molecule has 0 aromatic heterocycles. The van der Waals surface area contributed by atoms with Gasteiger partial charge in [-0.1, -0.05) is 22.6 Å². The van der Waals surface area contributed by atoms with E-state index in [0.717, 1.165) is 12.5 Å². The standard InChI is InChI=1S/C9H18INO/c1-8(10)12-7-9-4-3-5-11(2)6-9/h8-9H,3-7H2,1-2H3. The van der Waals surface area contributed by atoms with Gasteiger partial charge in [0.2, 0.25) is 0 Å². The fourth-order valence-electron chi connectivity index (χ4n) is 1.68. The van der Waals surface area contributed by atoms with Crippen LogP contribution in [0.25, 0.3) is 0 Å². The number of nitrogens with zero attached hydrogens (tertiary/aromatic N) is 1. The van der Waals surface area contributed by atoms with Gasteiger partial charge in [-0.25, -0.2) is 0 Å². The molecular formula is C9H18INO. The van der Waals surface area contributed by atoms with Crippen molar-refractivity contribution < 1.29 is 4.74 Å². The molecule has 0 aromatic carbocycles. The van der Waals surface area contributed by atoms with Gasteiger partial charge in [-0.2, -0.15) is 0 Å². The van der Waals surface area contributed by atoms with Crippen LogP contribution in [0.1, 0.15) is 19.8 Å². The van der Waals surface area contributed by atoms with E-state index in [1.54, 1.807) is 0 Å². The molecule has 0 aromatic rings. The minimum Gasteiger partial charge on any atom is -0.368 e. The van der Waals surface area contributed by atoms with E-state index in [1.165, 1.54) is 25.9 Å². The molecule has 3 heteroatoms. The molecule has 0 amide bonds. The SMILES string of the molecule is CC(I)OCC1CCCN(C)C1. The molecule has 12 heavy (non-hydrogen) atoms. The van der Waals surface area contributed by atoms with Crippen molar-refractivity contribution in [2.24, 2.45) is 5.92 Å². The Kier molecular flexibility index (Phi) is 4.82. The van der Waals surface area contributed by atoms with Gasteiger partial charge in [-0.3, -0.25) is 0 Å². The summed E-state index contributed by atoms with van der Waals surface area (Å²) in [5, 5.41) is 0. The third kappa shape index (κ3) is 4.05. The van der Waals surface area contributed by atoms with Crippen LogP contribution in [-0.2, 0) is 4.74 Å². The molecule has 2 unspecified atom stereocenters. The van der Waals surface area contributed by atoms with Crippen LogP contribution in [0.2, 0.25) is 0 Å². The van der Waals surface area contributed by atoms with Gasteiger partial charge in [0, 0.05) is 6.54 Å². The van der Waals surface area contributed by atoms with E-state index in [0.29, 0.717) is 4.11 Å². The Hall–Kier alpha value is 0.650. The molecule has 2 nitrogen and oxygen atoms in total. The number of rotatable bonds is 3. The predicted molar refractivity (Wildman–Crippen MR) is 59.7 cm³/mol. The highest BCUT2D eigenvalue weighted by Crippen LogP contribution is 2.16. The Labute approximate surface area is 88.8 Å². The molecule has 0 radical (unpaired) electrons. The number of ether oxygens (including phenoxy) is 1. The molecule has 0 saturated carbocycles. The summed E-state index contributed by atoms with van der Waals surface area (Å²) >= 11 is 2.31. The topological polar surface area (TPSA) is 12.5 Å². The van der Waals surface area contributed by atoms with Gasteiger partial charge in [0.15, 0.2) is 0 Å². The first-order valence-electron chi connectivity index (χ1n) is 4.62. The zero-order valence-corrected chi connectivity index (χ0v) is 10.1. The van der Waals surface area contributed by atoms with E-state index in [2.05, 4.69) is 41.5 Å². The summed E-state index contributed by atoms with van der Waals surface area (Å²) in [6.07, 6.45) is 2.67. The molecule has 0 aliphatic carbocycles. The number of alkyl halides is 1. The second-order valence-corrected chi connectivity index (χ2v) is 5.40. The quantitative estimate of drug-likeness (QED) is 0.581. The van der Waals surface area contributed by atoms with Crippen LogP contribution in [0.15, 0.2) is 0 Å². The zero-order valence-electron chi connectivity index (χ0n) is 7.92. The lowest BCUT2D eigenvalue weighted by Crippen LogP contribution is -2.34. The summed E-state index contributed by atoms with van der Waals surface area (Å²) in [6.45, 7) is 5.50. The first-order chi connectivity index (χ1) is 5.68. The number of likely N-dealkylation sites (tertiary alicyclic amines) is 1. The van der Waals surface area contributed by atoms with Gasteiger partial charge in [0.25, 0.3) is 0 Å². The molecule has 1 heterocycles. The monoisotopic (exact) mass is 283 g/mol. The average molecular weight is 283 g/mol. The molecule has 0 N–H and O–H groups in total. The van der Waals surface area contributed by atoms with Crippen molar-refractivity contribution in [3.8, 4) is 0 Å². The first kappa shape index (κ1) is 10.7. The molecule has 72 valence electrons. The fourth-order valence-corrected chi connectivity index (χ4v) is 1.89. The summed E-state index contributed by atoms with van der Waals surface area (Å²) in [5.74, 6) is 0.765. The molecule has 1 aliphatic heterocycles. The highest BCUT2D eigenvalue weighted by molar-refractivity contribution is 14.1. The van der Waals surface area contributed by atoms with Crippen molar-refractivity contribution >= 4 is 22.6 Å². The van der Waals surface area contributed by atoms with Crippen LogP contribution in [0, 0.1) is 5.92 Å². The number of hydrogen-bond acceptors (Lipinski definition) is 2. The van der Waals surface area contributed by atoms with Crippen LogP contribution in [-0.4, -0.2) is 35.8 Å². The zero-order chi connectivity index (χ0) is 8.97. The van der Waals surface area contributed by atoms with Crippen LogP contribution >= 0.6 is 22.6 Å². The van der Waals surface area contributed by atoms with E-state index >= 15 is 0 Å². The molecular weight excluding hydrogens is 265 g/mol. The second-order valence-electron chi connectivity index (χ2n) is 3.65. The van der Waals surface area contributed by atoms with Gasteiger partial charge in [0.1, 0.15) is 4.11 Å². The van der Waals surface area contributed by atoms with Crippen LogP contribution in [0.3, 0.4) is 0 Å². The Bertz CT molecular complexity index is 130. The Balaban J connectivity index is 2.14. The maximum Gasteiger partial charge on any atom is 0.106 e. The molecule has 0 bridgehead atoms. The Morgan fingerprint density at radius 1 is 1.67 bits per heavy atom. The number of piperidine rings is 1. The third-order valence-electron chi connectivity index (χ3n) is 2.28. The van der Waals surface area contributed by atoms with Crippen molar-refractivity contribution in [1.82, 2.24) is 4.90 Å². The molecule has 0 spiro atoms. The van der Waals surface area contributed by atoms with Gasteiger partial charge in [0.05, 0.1) is 6.61 Å². The van der Waals surface area contributed by atoms with E-state index in [-0.39, 0.29) is 0 Å². The van der Waals surface area contributed by atoms with Crippen molar-refractivity contribution in [1.29, 1.82) is 0 Å². The highest BCUT2D eigenvalue weighted by atomic mass is 127. The molecule has 1 saturated heterocycles. The maximum atomic E-state index is 5.59. The largest absolute Gasteiger partial charge is 0.368 e. The lowest BCUT2D eigenvalue weighted by atomic mass is 10.00. The van der Waals surface area contributed by atoms with E-state index < -0.39 is 0 Å². The smallest absolute Gasteiger partial charge is 0.106 e. The maximum absolute atomic E-state index is 5.59. The molecule has 1 rings (SSSR count). The predicted octanol–water partition coefficient (Wildman–Crippen LogP) is 2.13. The van der Waals surface area contributed by atoms with E-state index in [4.69, 9.17) is 4.74 Å². The Morgan fingerprint density at radius 2 is 2.42 bits per heavy atom. The first-order valence-corrected chi connectivity index (χ1v) is 5.87. The van der Waals surface area contributed by atoms with E-state index in [1.807, 2.05) is 0 Å². The van der Waals surface area contributed by atoms with Crippen LogP contribution in [0.4, 0.5) is 0 Å². The van der Waals surface area contributed by atoms with Crippen LogP contribution < -0.4 is 0 Å².